The van der Waals surface area contributed by atoms with Crippen LogP contribution in [0.3, 0.4) is 0 Å². The molecule has 1 aromatic heterocycles. The lowest BCUT2D eigenvalue weighted by Gasteiger charge is -2.27. The van der Waals surface area contributed by atoms with Crippen molar-refractivity contribution < 1.29 is 0 Å². The van der Waals surface area contributed by atoms with Crippen molar-refractivity contribution in [2.75, 3.05) is 19.3 Å². The number of anilines is 1. The van der Waals surface area contributed by atoms with Crippen molar-refractivity contribution in [2.45, 2.75) is 32.2 Å². The van der Waals surface area contributed by atoms with Crippen LogP contribution in [-0.2, 0) is 6.54 Å². The highest BCUT2D eigenvalue weighted by Crippen LogP contribution is 2.48. The minimum atomic E-state index is 0.817. The van der Waals surface area contributed by atoms with Gasteiger partial charge in [-0.05, 0) is 56.2 Å². The molecule has 3 nitrogen and oxygen atoms in total. The summed E-state index contributed by atoms with van der Waals surface area (Å²) in [6.07, 6.45) is 7.72. The van der Waals surface area contributed by atoms with Gasteiger partial charge in [0.2, 0.25) is 0 Å². The summed E-state index contributed by atoms with van der Waals surface area (Å²) in [6, 6.07) is 3.84. The highest BCUT2D eigenvalue weighted by atomic mass is 15.1. The van der Waals surface area contributed by atoms with Crippen molar-refractivity contribution in [3.63, 3.8) is 0 Å². The lowest BCUT2D eigenvalue weighted by molar-refractivity contribution is 0.213. The smallest absolute Gasteiger partial charge is 0.0772 e. The zero-order valence-electron chi connectivity index (χ0n) is 11.2. The van der Waals surface area contributed by atoms with Crippen LogP contribution in [0.2, 0.25) is 0 Å². The van der Waals surface area contributed by atoms with Crippen molar-refractivity contribution in [1.29, 1.82) is 0 Å². The van der Waals surface area contributed by atoms with E-state index in [9.17, 15) is 0 Å². The Labute approximate surface area is 109 Å². The third-order valence-corrected chi connectivity index (χ3v) is 4.78. The molecule has 0 amide bonds. The average molecular weight is 245 g/mol. The third-order valence-electron chi connectivity index (χ3n) is 4.78. The number of nitrogens with two attached hydrogens (primary N) is 1. The van der Waals surface area contributed by atoms with Crippen LogP contribution < -0.4 is 5.73 Å². The SMILES string of the molecule is CN(Cc1ncccc1N)CC1CC2CCC1C2. The Morgan fingerprint density at radius 1 is 1.39 bits per heavy atom. The standard InChI is InChI=1S/C15H23N3/c1-18(10-15-14(16)3-2-6-17-15)9-13-8-11-4-5-12(13)7-11/h2-3,6,11-13H,4-5,7-10,16H2,1H3. The van der Waals surface area contributed by atoms with Gasteiger partial charge in [-0.15, -0.1) is 0 Å². The molecule has 2 N–H and O–H groups in total. The quantitative estimate of drug-likeness (QED) is 0.886. The fourth-order valence-corrected chi connectivity index (χ4v) is 3.90. The summed E-state index contributed by atoms with van der Waals surface area (Å²) in [5.74, 6) is 2.95. The van der Waals surface area contributed by atoms with Gasteiger partial charge in [-0.3, -0.25) is 4.98 Å². The number of pyridine rings is 1. The van der Waals surface area contributed by atoms with Crippen LogP contribution in [0, 0.1) is 17.8 Å². The first-order valence-electron chi connectivity index (χ1n) is 7.10. The van der Waals surface area contributed by atoms with Gasteiger partial charge in [0.1, 0.15) is 0 Å². The molecule has 0 saturated heterocycles. The molecule has 0 spiro atoms. The maximum atomic E-state index is 5.95. The summed E-state index contributed by atoms with van der Waals surface area (Å²) < 4.78 is 0. The van der Waals surface area contributed by atoms with Crippen LogP contribution in [0.4, 0.5) is 5.69 Å². The average Bonchev–Trinajstić information content (AvgIpc) is 2.94. The highest BCUT2D eigenvalue weighted by Gasteiger charge is 2.39. The van der Waals surface area contributed by atoms with Crippen molar-refractivity contribution in [2.24, 2.45) is 17.8 Å². The maximum Gasteiger partial charge on any atom is 0.0772 e. The number of aromatic nitrogens is 1. The predicted molar refractivity (Wildman–Crippen MR) is 73.9 cm³/mol. The molecule has 2 aliphatic carbocycles. The second-order valence-corrected chi connectivity index (χ2v) is 6.17. The third kappa shape index (κ3) is 2.37. The molecule has 0 radical (unpaired) electrons. The van der Waals surface area contributed by atoms with Crippen molar-refractivity contribution in [3.05, 3.63) is 24.0 Å². The molecule has 18 heavy (non-hydrogen) atoms. The van der Waals surface area contributed by atoms with Crippen LogP contribution in [0.15, 0.2) is 18.3 Å². The van der Waals surface area contributed by atoms with Gasteiger partial charge in [0.25, 0.3) is 0 Å². The van der Waals surface area contributed by atoms with Crippen LogP contribution >= 0.6 is 0 Å². The van der Waals surface area contributed by atoms with Crippen molar-refractivity contribution >= 4 is 5.69 Å². The highest BCUT2D eigenvalue weighted by molar-refractivity contribution is 5.41. The molecule has 3 unspecified atom stereocenters. The number of nitrogen functional groups attached to an aromatic ring is 1. The molecule has 1 heterocycles. The van der Waals surface area contributed by atoms with Gasteiger partial charge in [0.15, 0.2) is 0 Å². The first-order chi connectivity index (χ1) is 8.72. The fraction of sp³-hybridized carbons (Fsp3) is 0.667. The first-order valence-corrected chi connectivity index (χ1v) is 7.10. The lowest BCUT2D eigenvalue weighted by atomic mass is 9.88. The predicted octanol–water partition coefficient (Wildman–Crippen LogP) is 2.53. The van der Waals surface area contributed by atoms with Gasteiger partial charge in [-0.25, -0.2) is 0 Å². The molecule has 3 atom stereocenters. The largest absolute Gasteiger partial charge is 0.397 e. The van der Waals surface area contributed by atoms with E-state index in [1.54, 1.807) is 0 Å². The van der Waals surface area contributed by atoms with Crippen molar-refractivity contribution in [1.82, 2.24) is 9.88 Å². The molecule has 3 rings (SSSR count). The molecule has 2 bridgehead atoms. The topological polar surface area (TPSA) is 42.2 Å². The molecule has 0 aromatic carbocycles. The fourth-order valence-electron chi connectivity index (χ4n) is 3.90. The van der Waals surface area contributed by atoms with Crippen LogP contribution in [0.1, 0.15) is 31.4 Å². The van der Waals surface area contributed by atoms with Crippen LogP contribution in [0.25, 0.3) is 0 Å². The Kier molecular flexibility index (Phi) is 3.25. The van der Waals surface area contributed by atoms with Gasteiger partial charge in [-0.2, -0.15) is 0 Å². The second kappa shape index (κ2) is 4.88. The van der Waals surface area contributed by atoms with Gasteiger partial charge in [0, 0.05) is 19.3 Å². The Bertz CT molecular complexity index is 418. The van der Waals surface area contributed by atoms with Crippen molar-refractivity contribution in [3.8, 4) is 0 Å². The number of rotatable bonds is 4. The van der Waals surface area contributed by atoms with E-state index in [0.717, 1.165) is 35.7 Å². The monoisotopic (exact) mass is 245 g/mol. The molecule has 3 heteroatoms. The molecule has 1 aromatic rings. The van der Waals surface area contributed by atoms with E-state index in [4.69, 9.17) is 5.73 Å². The minimum absolute atomic E-state index is 0.817. The van der Waals surface area contributed by atoms with Crippen LogP contribution in [0.5, 0.6) is 0 Å². The Morgan fingerprint density at radius 2 is 2.28 bits per heavy atom. The van der Waals surface area contributed by atoms with E-state index in [1.807, 2.05) is 18.3 Å². The van der Waals surface area contributed by atoms with Gasteiger partial charge >= 0.3 is 0 Å². The Balaban J connectivity index is 1.56. The summed E-state index contributed by atoms with van der Waals surface area (Å²) >= 11 is 0. The van der Waals surface area contributed by atoms with Gasteiger partial charge < -0.3 is 10.6 Å². The number of nitrogens with zero attached hydrogens (tertiary/aromatic N) is 2. The number of fused-ring (bicyclic) bond motifs is 2. The van der Waals surface area contributed by atoms with E-state index in [1.165, 1.54) is 32.2 Å². The van der Waals surface area contributed by atoms with E-state index in [0.29, 0.717) is 0 Å². The second-order valence-electron chi connectivity index (χ2n) is 6.17. The van der Waals surface area contributed by atoms with E-state index in [2.05, 4.69) is 16.9 Å². The lowest BCUT2D eigenvalue weighted by Crippen LogP contribution is -2.29. The first kappa shape index (κ1) is 12.0. The van der Waals surface area contributed by atoms with E-state index >= 15 is 0 Å². The van der Waals surface area contributed by atoms with Crippen LogP contribution in [-0.4, -0.2) is 23.5 Å². The normalized spacial score (nSPS) is 30.2. The molecule has 2 fully saturated rings. The molecule has 98 valence electrons. The summed E-state index contributed by atoms with van der Waals surface area (Å²) in [5.41, 5.74) is 7.78. The molecule has 2 saturated carbocycles. The molecule has 0 aliphatic heterocycles. The van der Waals surface area contributed by atoms with Gasteiger partial charge in [-0.1, -0.05) is 6.42 Å². The number of hydrogen-bond donors (Lipinski definition) is 1. The zero-order chi connectivity index (χ0) is 12.5. The molecule has 2 aliphatic rings. The molecular formula is C15H23N3. The van der Waals surface area contributed by atoms with E-state index < -0.39 is 0 Å². The Morgan fingerprint density at radius 3 is 2.94 bits per heavy atom. The maximum absolute atomic E-state index is 5.95. The summed E-state index contributed by atoms with van der Waals surface area (Å²) in [7, 11) is 2.19. The zero-order valence-corrected chi connectivity index (χ0v) is 11.2. The van der Waals surface area contributed by atoms with Gasteiger partial charge in [0.05, 0.1) is 11.4 Å². The van der Waals surface area contributed by atoms with E-state index in [-0.39, 0.29) is 0 Å². The summed E-state index contributed by atoms with van der Waals surface area (Å²) in [4.78, 5) is 6.77. The Hall–Kier alpha value is -1.09. The summed E-state index contributed by atoms with van der Waals surface area (Å²) in [6.45, 7) is 2.08. The minimum Gasteiger partial charge on any atom is -0.397 e. The summed E-state index contributed by atoms with van der Waals surface area (Å²) in [5, 5.41) is 0. The number of hydrogen-bond acceptors (Lipinski definition) is 3. The molecular weight excluding hydrogens is 222 g/mol.